The van der Waals surface area contributed by atoms with Gasteiger partial charge in [-0.1, -0.05) is 34.8 Å². The van der Waals surface area contributed by atoms with Gasteiger partial charge in [0.05, 0.1) is 30.6 Å². The Morgan fingerprint density at radius 2 is 1.58 bits per heavy atom. The van der Waals surface area contributed by atoms with Gasteiger partial charge >= 0.3 is 0 Å². The van der Waals surface area contributed by atoms with Crippen LogP contribution in [0.4, 0.5) is 20.2 Å². The van der Waals surface area contributed by atoms with Crippen LogP contribution in [0, 0.1) is 21.7 Å². The van der Waals surface area contributed by atoms with Crippen molar-refractivity contribution in [3.05, 3.63) is 85.3 Å². The Morgan fingerprint density at radius 3 is 2.16 bits per heavy atom. The number of hydrogen-bond acceptors (Lipinski definition) is 5. The van der Waals surface area contributed by atoms with Gasteiger partial charge in [-0.25, -0.2) is 17.2 Å². The summed E-state index contributed by atoms with van der Waals surface area (Å²) < 4.78 is 59.6. The van der Waals surface area contributed by atoms with E-state index in [2.05, 4.69) is 0 Å². The highest BCUT2D eigenvalue weighted by atomic mass is 35.5. The summed E-state index contributed by atoms with van der Waals surface area (Å²) in [7, 11) is -4.39. The first kappa shape index (κ1) is 23.0. The number of halogens is 5. The number of nitro benzene ring substituents is 1. The monoisotopic (exact) mass is 508 g/mol. The number of anilines is 1. The van der Waals surface area contributed by atoms with Crippen molar-refractivity contribution in [1.29, 1.82) is 0 Å². The maximum absolute atomic E-state index is 13.8. The van der Waals surface area contributed by atoms with Gasteiger partial charge in [-0.15, -0.1) is 0 Å². The number of ether oxygens (including phenoxy) is 1. The van der Waals surface area contributed by atoms with Gasteiger partial charge in [-0.2, -0.15) is 0 Å². The van der Waals surface area contributed by atoms with Crippen molar-refractivity contribution in [3.8, 4) is 11.5 Å². The standard InChI is InChI=1S/C18H9Cl3F2N2O5S/c19-12-6-10(25(26)27)2-4-17(12)30-18-13(20)7-11(8-14(18)21)31(28,29)24-16-5-9(22)1-3-15(16)23/h1-8,24H. The molecule has 0 saturated carbocycles. The van der Waals surface area contributed by atoms with E-state index < -0.39 is 37.2 Å². The molecule has 0 aliphatic heterocycles. The Morgan fingerprint density at radius 1 is 0.935 bits per heavy atom. The molecular weight excluding hydrogens is 501 g/mol. The summed E-state index contributed by atoms with van der Waals surface area (Å²) in [6, 6.07) is 7.61. The van der Waals surface area contributed by atoms with Crippen LogP contribution in [0.2, 0.25) is 15.1 Å². The highest BCUT2D eigenvalue weighted by molar-refractivity contribution is 7.92. The summed E-state index contributed by atoms with van der Waals surface area (Å²) in [5.41, 5.74) is -0.878. The third kappa shape index (κ3) is 5.16. The van der Waals surface area contributed by atoms with E-state index in [9.17, 15) is 27.3 Å². The van der Waals surface area contributed by atoms with Crippen LogP contribution in [0.5, 0.6) is 11.5 Å². The molecule has 0 radical (unpaired) electrons. The van der Waals surface area contributed by atoms with Crippen LogP contribution < -0.4 is 9.46 Å². The minimum absolute atomic E-state index is 0.0216. The summed E-state index contributed by atoms with van der Waals surface area (Å²) in [6.45, 7) is 0. The molecule has 0 aliphatic rings. The molecular formula is C18H9Cl3F2N2O5S. The minimum atomic E-state index is -4.39. The maximum atomic E-state index is 13.8. The smallest absolute Gasteiger partial charge is 0.271 e. The lowest BCUT2D eigenvalue weighted by Gasteiger charge is -2.14. The SMILES string of the molecule is O=[N+]([O-])c1ccc(Oc2c(Cl)cc(S(=O)(=O)Nc3cc(F)ccc3F)cc2Cl)c(Cl)c1. The normalized spacial score (nSPS) is 11.3. The first-order valence-corrected chi connectivity index (χ1v) is 10.7. The van der Waals surface area contributed by atoms with Crippen molar-refractivity contribution in [1.82, 2.24) is 0 Å². The molecule has 0 spiro atoms. The molecule has 0 heterocycles. The third-order valence-corrected chi connectivity index (χ3v) is 5.99. The third-order valence-electron chi connectivity index (χ3n) is 3.79. The Labute approximate surface area is 189 Å². The Balaban J connectivity index is 1.93. The molecule has 162 valence electrons. The van der Waals surface area contributed by atoms with Crippen molar-refractivity contribution in [2.45, 2.75) is 4.90 Å². The second-order valence-electron chi connectivity index (χ2n) is 5.92. The predicted octanol–water partition coefficient (Wildman–Crippen LogP) is 6.43. The van der Waals surface area contributed by atoms with Crippen molar-refractivity contribution >= 4 is 56.2 Å². The average Bonchev–Trinajstić information content (AvgIpc) is 2.68. The topological polar surface area (TPSA) is 98.5 Å². The molecule has 31 heavy (non-hydrogen) atoms. The molecule has 1 N–H and O–H groups in total. The van der Waals surface area contributed by atoms with Crippen LogP contribution in [0.1, 0.15) is 0 Å². The highest BCUT2D eigenvalue weighted by Gasteiger charge is 2.22. The largest absolute Gasteiger partial charge is 0.453 e. The van der Waals surface area contributed by atoms with Crippen LogP contribution in [-0.2, 0) is 10.0 Å². The van der Waals surface area contributed by atoms with E-state index in [1.54, 1.807) is 0 Å². The lowest BCUT2D eigenvalue weighted by Crippen LogP contribution is -2.14. The van der Waals surface area contributed by atoms with E-state index in [1.165, 1.54) is 6.07 Å². The molecule has 0 saturated heterocycles. The van der Waals surface area contributed by atoms with E-state index in [0.717, 1.165) is 36.4 Å². The summed E-state index contributed by atoms with van der Waals surface area (Å²) in [4.78, 5) is 9.69. The predicted molar refractivity (Wildman–Crippen MR) is 112 cm³/mol. The van der Waals surface area contributed by atoms with Gasteiger partial charge in [0.1, 0.15) is 17.4 Å². The molecule has 3 aromatic rings. The molecule has 0 bridgehead atoms. The quantitative estimate of drug-likeness (QED) is 0.305. The lowest BCUT2D eigenvalue weighted by molar-refractivity contribution is -0.384. The van der Waals surface area contributed by atoms with E-state index in [1.807, 2.05) is 4.72 Å². The van der Waals surface area contributed by atoms with Gasteiger partial charge in [0.25, 0.3) is 15.7 Å². The Hall–Kier alpha value is -2.66. The minimum Gasteiger partial charge on any atom is -0.453 e. The van der Waals surface area contributed by atoms with E-state index in [4.69, 9.17) is 39.5 Å². The molecule has 7 nitrogen and oxygen atoms in total. The van der Waals surface area contributed by atoms with E-state index >= 15 is 0 Å². The van der Waals surface area contributed by atoms with Gasteiger partial charge in [0.15, 0.2) is 5.75 Å². The number of nitro groups is 1. The number of nitrogens with zero attached hydrogens (tertiary/aromatic N) is 1. The Bertz CT molecular complexity index is 1280. The van der Waals surface area contributed by atoms with E-state index in [0.29, 0.717) is 6.07 Å². The lowest BCUT2D eigenvalue weighted by atomic mass is 10.3. The zero-order valence-electron chi connectivity index (χ0n) is 14.9. The van der Waals surface area contributed by atoms with Crippen molar-refractivity contribution in [2.75, 3.05) is 4.72 Å². The van der Waals surface area contributed by atoms with Crippen LogP contribution in [0.3, 0.4) is 0 Å². The summed E-state index contributed by atoms with van der Waals surface area (Å²) in [5.74, 6) is -2.03. The van der Waals surface area contributed by atoms with Crippen LogP contribution in [0.25, 0.3) is 0 Å². The van der Waals surface area contributed by atoms with Gasteiger partial charge in [0.2, 0.25) is 0 Å². The van der Waals surface area contributed by atoms with Crippen molar-refractivity contribution < 1.29 is 26.9 Å². The summed E-state index contributed by atoms with van der Waals surface area (Å²) in [6.07, 6.45) is 0. The maximum Gasteiger partial charge on any atom is 0.271 e. The second kappa shape index (κ2) is 8.83. The molecule has 0 atom stereocenters. The zero-order chi connectivity index (χ0) is 22.9. The number of hydrogen-bond donors (Lipinski definition) is 1. The van der Waals surface area contributed by atoms with Crippen LogP contribution in [-0.4, -0.2) is 13.3 Å². The molecule has 0 amide bonds. The zero-order valence-corrected chi connectivity index (χ0v) is 18.0. The molecule has 13 heteroatoms. The Kier molecular flexibility index (Phi) is 6.56. The number of benzene rings is 3. The first-order valence-electron chi connectivity index (χ1n) is 8.06. The molecule has 3 aromatic carbocycles. The fourth-order valence-corrected chi connectivity index (χ4v) is 4.38. The van der Waals surface area contributed by atoms with Gasteiger partial charge in [0, 0.05) is 18.2 Å². The summed E-state index contributed by atoms with van der Waals surface area (Å²) in [5, 5.41) is 10.2. The van der Waals surface area contributed by atoms with Gasteiger partial charge in [-0.05, 0) is 30.3 Å². The fraction of sp³-hybridized carbons (Fsp3) is 0. The average molecular weight is 510 g/mol. The van der Waals surface area contributed by atoms with Gasteiger partial charge < -0.3 is 4.74 Å². The van der Waals surface area contributed by atoms with Crippen molar-refractivity contribution in [2.24, 2.45) is 0 Å². The first-order chi connectivity index (χ1) is 14.5. The summed E-state index contributed by atoms with van der Waals surface area (Å²) >= 11 is 18.2. The second-order valence-corrected chi connectivity index (χ2v) is 8.82. The molecule has 0 fully saturated rings. The van der Waals surface area contributed by atoms with Crippen LogP contribution in [0.15, 0.2) is 53.4 Å². The highest BCUT2D eigenvalue weighted by Crippen LogP contribution is 2.41. The van der Waals surface area contributed by atoms with Gasteiger partial charge in [-0.3, -0.25) is 14.8 Å². The van der Waals surface area contributed by atoms with E-state index in [-0.39, 0.29) is 32.3 Å². The molecule has 0 aliphatic carbocycles. The van der Waals surface area contributed by atoms with Crippen LogP contribution >= 0.6 is 34.8 Å². The molecule has 0 unspecified atom stereocenters. The number of sulfonamides is 1. The van der Waals surface area contributed by atoms with Crippen molar-refractivity contribution in [3.63, 3.8) is 0 Å². The number of non-ortho nitro benzene ring substituents is 1. The molecule has 3 rings (SSSR count). The number of rotatable bonds is 6. The molecule has 0 aromatic heterocycles. The number of nitrogens with one attached hydrogen (secondary N) is 1. The fourth-order valence-electron chi connectivity index (χ4n) is 2.36.